The number of hydrogen-bond acceptors (Lipinski definition) is 3. The van der Waals surface area contributed by atoms with E-state index >= 15 is 0 Å². The average Bonchev–Trinajstić information content (AvgIpc) is 2.27. The Hall–Kier alpha value is -1.55. The predicted molar refractivity (Wildman–Crippen MR) is 70.1 cm³/mol. The van der Waals surface area contributed by atoms with Crippen LogP contribution in [0.2, 0.25) is 0 Å². The molecule has 1 unspecified atom stereocenters. The van der Waals surface area contributed by atoms with Crippen molar-refractivity contribution < 1.29 is 14.6 Å². The standard InChI is InChI=1S/C14H21NO3/c1-14(2,18-13(15)17)9-12(10-16)8-11-6-4-3-5-7-11/h3-7,12,16H,8-10H2,1-2H3,(H2,15,17). The third-order valence-corrected chi connectivity index (χ3v) is 2.78. The maximum atomic E-state index is 10.8. The van der Waals surface area contributed by atoms with Gasteiger partial charge in [0.05, 0.1) is 0 Å². The minimum Gasteiger partial charge on any atom is -0.444 e. The summed E-state index contributed by atoms with van der Waals surface area (Å²) < 4.78 is 5.04. The Morgan fingerprint density at radius 2 is 2.00 bits per heavy atom. The summed E-state index contributed by atoms with van der Waals surface area (Å²) in [6.07, 6.45) is 0.543. The van der Waals surface area contributed by atoms with Gasteiger partial charge in [-0.05, 0) is 38.2 Å². The topological polar surface area (TPSA) is 72.6 Å². The maximum absolute atomic E-state index is 10.8. The number of rotatable bonds is 6. The molecule has 100 valence electrons. The van der Waals surface area contributed by atoms with Crippen molar-refractivity contribution in [3.63, 3.8) is 0 Å². The van der Waals surface area contributed by atoms with E-state index in [4.69, 9.17) is 10.5 Å². The van der Waals surface area contributed by atoms with Gasteiger partial charge >= 0.3 is 6.09 Å². The van der Waals surface area contributed by atoms with Gasteiger partial charge in [-0.2, -0.15) is 0 Å². The molecule has 0 aliphatic carbocycles. The van der Waals surface area contributed by atoms with Crippen molar-refractivity contribution in [3.05, 3.63) is 35.9 Å². The maximum Gasteiger partial charge on any atom is 0.405 e. The van der Waals surface area contributed by atoms with Gasteiger partial charge < -0.3 is 15.6 Å². The first-order chi connectivity index (χ1) is 8.43. The summed E-state index contributed by atoms with van der Waals surface area (Å²) in [5.74, 6) is 0.0433. The molecule has 3 N–H and O–H groups in total. The number of primary amides is 1. The highest BCUT2D eigenvalue weighted by molar-refractivity contribution is 5.65. The van der Waals surface area contributed by atoms with Crippen LogP contribution in [-0.2, 0) is 11.2 Å². The molecule has 1 rings (SSSR count). The molecule has 0 heterocycles. The van der Waals surface area contributed by atoms with E-state index in [2.05, 4.69) is 0 Å². The lowest BCUT2D eigenvalue weighted by atomic mass is 9.89. The van der Waals surface area contributed by atoms with E-state index in [1.54, 1.807) is 13.8 Å². The molecular formula is C14H21NO3. The normalized spacial score (nSPS) is 13.1. The van der Waals surface area contributed by atoms with Crippen molar-refractivity contribution in [1.29, 1.82) is 0 Å². The van der Waals surface area contributed by atoms with Crippen LogP contribution < -0.4 is 5.73 Å². The second kappa shape index (κ2) is 6.40. The van der Waals surface area contributed by atoms with Crippen molar-refractivity contribution in [2.45, 2.75) is 32.3 Å². The molecule has 0 fully saturated rings. The van der Waals surface area contributed by atoms with Gasteiger partial charge in [0.2, 0.25) is 0 Å². The van der Waals surface area contributed by atoms with Crippen molar-refractivity contribution in [3.8, 4) is 0 Å². The molecule has 1 aromatic rings. The molecule has 0 saturated heterocycles. The zero-order chi connectivity index (χ0) is 13.6. The summed E-state index contributed by atoms with van der Waals surface area (Å²) in [4.78, 5) is 10.8. The molecule has 1 aromatic carbocycles. The van der Waals surface area contributed by atoms with Gasteiger partial charge in [-0.3, -0.25) is 0 Å². The van der Waals surface area contributed by atoms with Crippen LogP contribution in [0.4, 0.5) is 4.79 Å². The van der Waals surface area contributed by atoms with E-state index < -0.39 is 11.7 Å². The Bertz CT molecular complexity index is 376. The lowest BCUT2D eigenvalue weighted by Crippen LogP contribution is -2.34. The van der Waals surface area contributed by atoms with Crippen molar-refractivity contribution >= 4 is 6.09 Å². The first-order valence-corrected chi connectivity index (χ1v) is 6.06. The number of aliphatic hydroxyl groups excluding tert-OH is 1. The van der Waals surface area contributed by atoms with E-state index in [1.807, 2.05) is 30.3 Å². The molecule has 18 heavy (non-hydrogen) atoms. The van der Waals surface area contributed by atoms with Gasteiger partial charge in [0.25, 0.3) is 0 Å². The van der Waals surface area contributed by atoms with Crippen LogP contribution in [0.25, 0.3) is 0 Å². The predicted octanol–water partition coefficient (Wildman–Crippen LogP) is 2.10. The molecule has 0 radical (unpaired) electrons. The highest BCUT2D eigenvalue weighted by Gasteiger charge is 2.26. The summed E-state index contributed by atoms with van der Waals surface area (Å²) in [6, 6.07) is 9.93. The Balaban J connectivity index is 2.59. The van der Waals surface area contributed by atoms with Gasteiger partial charge in [-0.1, -0.05) is 30.3 Å². The summed E-state index contributed by atoms with van der Waals surface area (Å²) in [6.45, 7) is 3.65. The fraction of sp³-hybridized carbons (Fsp3) is 0.500. The van der Waals surface area contributed by atoms with Crippen LogP contribution in [0, 0.1) is 5.92 Å². The zero-order valence-corrected chi connectivity index (χ0v) is 10.9. The van der Waals surface area contributed by atoms with Crippen LogP contribution in [0.15, 0.2) is 30.3 Å². The summed E-state index contributed by atoms with van der Waals surface area (Å²) in [7, 11) is 0. The van der Waals surface area contributed by atoms with Crippen LogP contribution in [-0.4, -0.2) is 23.4 Å². The lowest BCUT2D eigenvalue weighted by molar-refractivity contribution is 0.0185. The highest BCUT2D eigenvalue weighted by atomic mass is 16.6. The SMILES string of the molecule is CC(C)(CC(CO)Cc1ccccc1)OC(N)=O. The molecule has 1 amide bonds. The monoisotopic (exact) mass is 251 g/mol. The first kappa shape index (κ1) is 14.5. The van der Waals surface area contributed by atoms with Crippen molar-refractivity contribution in [2.24, 2.45) is 11.7 Å². The fourth-order valence-corrected chi connectivity index (χ4v) is 2.16. The van der Waals surface area contributed by atoms with E-state index in [0.29, 0.717) is 6.42 Å². The molecule has 1 atom stereocenters. The smallest absolute Gasteiger partial charge is 0.405 e. The lowest BCUT2D eigenvalue weighted by Gasteiger charge is -2.28. The molecular weight excluding hydrogens is 230 g/mol. The summed E-state index contributed by atoms with van der Waals surface area (Å²) >= 11 is 0. The second-order valence-electron chi connectivity index (χ2n) is 5.12. The minimum absolute atomic E-state index is 0.0433. The summed E-state index contributed by atoms with van der Waals surface area (Å²) in [5, 5.41) is 9.41. The van der Waals surface area contributed by atoms with Gasteiger partial charge in [-0.25, -0.2) is 4.79 Å². The number of amides is 1. The molecule has 4 heteroatoms. The number of aliphatic hydroxyl groups is 1. The molecule has 4 nitrogen and oxygen atoms in total. The van der Waals surface area contributed by atoms with Crippen molar-refractivity contribution in [1.82, 2.24) is 0 Å². The minimum atomic E-state index is -0.781. The quantitative estimate of drug-likeness (QED) is 0.813. The van der Waals surface area contributed by atoms with Crippen LogP contribution in [0.1, 0.15) is 25.8 Å². The number of carbonyl (C=O) groups is 1. The molecule has 0 aliphatic rings. The average molecular weight is 251 g/mol. The number of nitrogens with two attached hydrogens (primary N) is 1. The Kier molecular flexibility index (Phi) is 5.16. The molecule has 0 bridgehead atoms. The van der Waals surface area contributed by atoms with E-state index in [0.717, 1.165) is 12.0 Å². The van der Waals surface area contributed by atoms with Gasteiger partial charge in [0.1, 0.15) is 5.60 Å². The van der Waals surface area contributed by atoms with Crippen LogP contribution in [0.5, 0.6) is 0 Å². The number of ether oxygens (including phenoxy) is 1. The third kappa shape index (κ3) is 5.19. The van der Waals surface area contributed by atoms with Gasteiger partial charge in [0.15, 0.2) is 0 Å². The van der Waals surface area contributed by atoms with Crippen LogP contribution >= 0.6 is 0 Å². The van der Waals surface area contributed by atoms with Gasteiger partial charge in [0, 0.05) is 6.61 Å². The summed E-state index contributed by atoms with van der Waals surface area (Å²) in [5.41, 5.74) is 5.52. The molecule has 0 spiro atoms. The fourth-order valence-electron chi connectivity index (χ4n) is 2.16. The zero-order valence-electron chi connectivity index (χ0n) is 10.9. The largest absolute Gasteiger partial charge is 0.444 e. The number of hydrogen-bond donors (Lipinski definition) is 2. The molecule has 0 saturated carbocycles. The molecule has 0 aromatic heterocycles. The van der Waals surface area contributed by atoms with Gasteiger partial charge in [-0.15, -0.1) is 0 Å². The third-order valence-electron chi connectivity index (χ3n) is 2.78. The second-order valence-corrected chi connectivity index (χ2v) is 5.12. The number of carbonyl (C=O) groups excluding carboxylic acids is 1. The van der Waals surface area contributed by atoms with Crippen molar-refractivity contribution in [2.75, 3.05) is 6.61 Å². The highest BCUT2D eigenvalue weighted by Crippen LogP contribution is 2.23. The Labute approximate surface area is 108 Å². The Morgan fingerprint density at radius 3 is 2.50 bits per heavy atom. The van der Waals surface area contributed by atoms with Crippen LogP contribution in [0.3, 0.4) is 0 Å². The molecule has 0 aliphatic heterocycles. The number of benzene rings is 1. The van der Waals surface area contributed by atoms with E-state index in [1.165, 1.54) is 0 Å². The van der Waals surface area contributed by atoms with E-state index in [-0.39, 0.29) is 12.5 Å². The first-order valence-electron chi connectivity index (χ1n) is 6.06. The Morgan fingerprint density at radius 1 is 1.39 bits per heavy atom. The van der Waals surface area contributed by atoms with E-state index in [9.17, 15) is 9.90 Å².